The lowest BCUT2D eigenvalue weighted by Crippen LogP contribution is -2.44. The first-order valence-corrected chi connectivity index (χ1v) is 6.45. The molecular weight excluding hydrogens is 226 g/mol. The second-order valence-corrected chi connectivity index (χ2v) is 5.48. The van der Waals surface area contributed by atoms with Crippen molar-refractivity contribution in [3.63, 3.8) is 0 Å². The van der Waals surface area contributed by atoms with Crippen LogP contribution in [0, 0.1) is 5.92 Å². The van der Waals surface area contributed by atoms with Crippen molar-refractivity contribution in [1.82, 2.24) is 14.8 Å². The number of rotatable bonds is 6. The minimum atomic E-state index is -0.0970. The quantitative estimate of drug-likeness (QED) is 0.834. The lowest BCUT2D eigenvalue weighted by molar-refractivity contribution is -0.131. The number of carbonyl (C=O) groups is 1. The van der Waals surface area contributed by atoms with Crippen molar-refractivity contribution in [2.24, 2.45) is 13.0 Å². The zero-order valence-corrected chi connectivity index (χ0v) is 12.1. The Kier molecular flexibility index (Phi) is 5.41. The van der Waals surface area contributed by atoms with Crippen LogP contribution >= 0.6 is 0 Å². The van der Waals surface area contributed by atoms with Crippen LogP contribution in [-0.4, -0.2) is 35.5 Å². The molecule has 1 amide bonds. The van der Waals surface area contributed by atoms with Gasteiger partial charge in [-0.3, -0.25) is 4.79 Å². The molecule has 1 aromatic rings. The van der Waals surface area contributed by atoms with E-state index < -0.39 is 0 Å². The first-order valence-electron chi connectivity index (χ1n) is 6.45. The molecule has 1 rings (SSSR count). The minimum absolute atomic E-state index is 0.0970. The predicted octanol–water partition coefficient (Wildman–Crippen LogP) is 1.62. The Hall–Kier alpha value is -1.29. The van der Waals surface area contributed by atoms with Crippen LogP contribution in [0.1, 0.15) is 25.8 Å². The summed E-state index contributed by atoms with van der Waals surface area (Å²) in [6.45, 7) is 5.01. The smallest absolute Gasteiger partial charge is 0.239 e. The predicted molar refractivity (Wildman–Crippen MR) is 74.2 cm³/mol. The average molecular weight is 251 g/mol. The van der Waals surface area contributed by atoms with E-state index in [2.05, 4.69) is 31.4 Å². The van der Waals surface area contributed by atoms with Crippen LogP contribution in [-0.2, 0) is 18.4 Å². The minimum Gasteiger partial charge on any atom is -0.357 e. The van der Waals surface area contributed by atoms with Gasteiger partial charge in [-0.15, -0.1) is 0 Å². The van der Waals surface area contributed by atoms with Gasteiger partial charge in [-0.1, -0.05) is 13.8 Å². The molecule has 1 atom stereocenters. The third-order valence-electron chi connectivity index (χ3n) is 2.89. The van der Waals surface area contributed by atoms with Crippen molar-refractivity contribution in [2.75, 3.05) is 14.1 Å². The molecule has 0 spiro atoms. The number of hydrogen-bond donors (Lipinski definition) is 1. The van der Waals surface area contributed by atoms with Gasteiger partial charge in [-0.25, -0.2) is 0 Å². The molecule has 18 heavy (non-hydrogen) atoms. The van der Waals surface area contributed by atoms with Crippen LogP contribution in [0.25, 0.3) is 0 Å². The van der Waals surface area contributed by atoms with E-state index in [-0.39, 0.29) is 11.9 Å². The van der Waals surface area contributed by atoms with E-state index in [0.717, 1.165) is 13.0 Å². The molecule has 102 valence electrons. The van der Waals surface area contributed by atoms with E-state index >= 15 is 0 Å². The zero-order chi connectivity index (χ0) is 13.7. The average Bonchev–Trinajstić information content (AvgIpc) is 2.68. The topological polar surface area (TPSA) is 37.3 Å². The van der Waals surface area contributed by atoms with Gasteiger partial charge in [0.15, 0.2) is 0 Å². The Morgan fingerprint density at radius 2 is 2.11 bits per heavy atom. The SMILES string of the molecule is CC(C)CC(NCc1ccn(C)c1)C(=O)N(C)C. The molecule has 0 bridgehead atoms. The van der Waals surface area contributed by atoms with E-state index in [1.807, 2.05) is 17.8 Å². The molecule has 1 heterocycles. The summed E-state index contributed by atoms with van der Waals surface area (Å²) in [5.41, 5.74) is 1.21. The highest BCUT2D eigenvalue weighted by molar-refractivity contribution is 5.81. The third-order valence-corrected chi connectivity index (χ3v) is 2.89. The van der Waals surface area contributed by atoms with E-state index in [4.69, 9.17) is 0 Å². The number of nitrogens with zero attached hydrogens (tertiary/aromatic N) is 2. The maximum absolute atomic E-state index is 12.1. The third kappa shape index (κ3) is 4.53. The number of aromatic nitrogens is 1. The summed E-state index contributed by atoms with van der Waals surface area (Å²) in [7, 11) is 5.61. The van der Waals surface area contributed by atoms with Crippen LogP contribution in [0.3, 0.4) is 0 Å². The Labute approximate surface area is 110 Å². The molecule has 0 aliphatic carbocycles. The number of aryl methyl sites for hydroxylation is 1. The van der Waals surface area contributed by atoms with Crippen LogP contribution in [0.15, 0.2) is 18.5 Å². The Bertz CT molecular complexity index is 382. The molecule has 1 aromatic heterocycles. The summed E-state index contributed by atoms with van der Waals surface area (Å²) < 4.78 is 2.02. The normalized spacial score (nSPS) is 12.8. The number of nitrogens with one attached hydrogen (secondary N) is 1. The molecule has 0 saturated heterocycles. The fourth-order valence-corrected chi connectivity index (χ4v) is 1.96. The molecular formula is C14H25N3O. The van der Waals surface area contributed by atoms with Crippen LogP contribution in [0.4, 0.5) is 0 Å². The van der Waals surface area contributed by atoms with Gasteiger partial charge in [0.25, 0.3) is 0 Å². The molecule has 1 N–H and O–H groups in total. The van der Waals surface area contributed by atoms with Gasteiger partial charge in [-0.2, -0.15) is 0 Å². The summed E-state index contributed by atoms with van der Waals surface area (Å²) in [6, 6.07) is 1.97. The van der Waals surface area contributed by atoms with Gasteiger partial charge >= 0.3 is 0 Å². The Morgan fingerprint density at radius 3 is 2.56 bits per heavy atom. The van der Waals surface area contributed by atoms with Crippen molar-refractivity contribution >= 4 is 5.91 Å². The monoisotopic (exact) mass is 251 g/mol. The molecule has 0 fully saturated rings. The number of amides is 1. The number of likely N-dealkylation sites (N-methyl/N-ethyl adjacent to an activating group) is 1. The standard InChI is InChI=1S/C14H25N3O/c1-11(2)8-13(14(18)16(3)4)15-9-12-6-7-17(5)10-12/h6-7,10-11,13,15H,8-9H2,1-5H3. The lowest BCUT2D eigenvalue weighted by atomic mass is 10.0. The fraction of sp³-hybridized carbons (Fsp3) is 0.643. The second-order valence-electron chi connectivity index (χ2n) is 5.48. The van der Waals surface area contributed by atoms with E-state index in [9.17, 15) is 4.79 Å². The van der Waals surface area contributed by atoms with Crippen molar-refractivity contribution in [1.29, 1.82) is 0 Å². The number of hydrogen-bond acceptors (Lipinski definition) is 2. The summed E-state index contributed by atoms with van der Waals surface area (Å²) in [5.74, 6) is 0.654. The highest BCUT2D eigenvalue weighted by atomic mass is 16.2. The van der Waals surface area contributed by atoms with Gasteiger partial charge in [0.2, 0.25) is 5.91 Å². The molecule has 4 heteroatoms. The van der Waals surface area contributed by atoms with E-state index in [1.165, 1.54) is 5.56 Å². The maximum Gasteiger partial charge on any atom is 0.239 e. The van der Waals surface area contributed by atoms with Gasteiger partial charge in [0, 0.05) is 40.1 Å². The van der Waals surface area contributed by atoms with Crippen molar-refractivity contribution in [3.8, 4) is 0 Å². The van der Waals surface area contributed by atoms with Crippen LogP contribution < -0.4 is 5.32 Å². The van der Waals surface area contributed by atoms with Crippen molar-refractivity contribution < 1.29 is 4.79 Å². The highest BCUT2D eigenvalue weighted by Crippen LogP contribution is 2.08. The highest BCUT2D eigenvalue weighted by Gasteiger charge is 2.20. The molecule has 0 aliphatic heterocycles. The maximum atomic E-state index is 12.1. The van der Waals surface area contributed by atoms with E-state index in [1.54, 1.807) is 19.0 Å². The first-order chi connectivity index (χ1) is 8.40. The van der Waals surface area contributed by atoms with Crippen LogP contribution in [0.5, 0.6) is 0 Å². The van der Waals surface area contributed by atoms with Crippen molar-refractivity contribution in [3.05, 3.63) is 24.0 Å². The summed E-state index contributed by atoms with van der Waals surface area (Å²) in [5, 5.41) is 3.36. The lowest BCUT2D eigenvalue weighted by Gasteiger charge is -2.23. The summed E-state index contributed by atoms with van der Waals surface area (Å²) >= 11 is 0. The largest absolute Gasteiger partial charge is 0.357 e. The number of carbonyl (C=O) groups excluding carboxylic acids is 1. The molecule has 0 radical (unpaired) electrons. The summed E-state index contributed by atoms with van der Waals surface area (Å²) in [6.07, 6.45) is 4.95. The molecule has 1 unspecified atom stereocenters. The zero-order valence-electron chi connectivity index (χ0n) is 12.1. The second kappa shape index (κ2) is 6.59. The molecule has 0 aliphatic rings. The van der Waals surface area contributed by atoms with Crippen LogP contribution in [0.2, 0.25) is 0 Å². The molecule has 0 aromatic carbocycles. The van der Waals surface area contributed by atoms with Gasteiger partial charge in [0.1, 0.15) is 0 Å². The van der Waals surface area contributed by atoms with Gasteiger partial charge < -0.3 is 14.8 Å². The van der Waals surface area contributed by atoms with Crippen molar-refractivity contribution in [2.45, 2.75) is 32.9 Å². The molecule has 0 saturated carbocycles. The first kappa shape index (κ1) is 14.8. The Balaban J connectivity index is 2.58. The molecule has 4 nitrogen and oxygen atoms in total. The Morgan fingerprint density at radius 1 is 1.44 bits per heavy atom. The summed E-state index contributed by atoms with van der Waals surface area (Å²) in [4.78, 5) is 13.7. The van der Waals surface area contributed by atoms with E-state index in [0.29, 0.717) is 5.92 Å². The fourth-order valence-electron chi connectivity index (χ4n) is 1.96. The van der Waals surface area contributed by atoms with Gasteiger partial charge in [-0.05, 0) is 24.0 Å². The van der Waals surface area contributed by atoms with Gasteiger partial charge in [0.05, 0.1) is 6.04 Å².